The predicted molar refractivity (Wildman–Crippen MR) is 72.9 cm³/mol. The largest absolute Gasteiger partial charge is 0.315 e. The standard InChI is InChI=1S/C14H23N5/c1-2-12(18(8-1)10-11-3-4-11)14-17-16-13-5-6-15-7-9-19(13)14/h11-12,15H,1-10H2. The average molecular weight is 261 g/mol. The monoisotopic (exact) mass is 261 g/mol. The summed E-state index contributed by atoms with van der Waals surface area (Å²) in [6, 6.07) is 0.528. The van der Waals surface area contributed by atoms with E-state index in [-0.39, 0.29) is 0 Å². The van der Waals surface area contributed by atoms with Gasteiger partial charge < -0.3 is 9.88 Å². The van der Waals surface area contributed by atoms with Crippen molar-refractivity contribution in [1.29, 1.82) is 0 Å². The Balaban J connectivity index is 1.58. The van der Waals surface area contributed by atoms with Gasteiger partial charge >= 0.3 is 0 Å². The summed E-state index contributed by atoms with van der Waals surface area (Å²) in [5.74, 6) is 3.38. The zero-order valence-electron chi connectivity index (χ0n) is 11.5. The van der Waals surface area contributed by atoms with Crippen LogP contribution in [-0.2, 0) is 13.0 Å². The van der Waals surface area contributed by atoms with Gasteiger partial charge in [0, 0.05) is 32.6 Å². The van der Waals surface area contributed by atoms with E-state index in [2.05, 4.69) is 25.0 Å². The summed E-state index contributed by atoms with van der Waals surface area (Å²) in [6.45, 7) is 5.65. The van der Waals surface area contributed by atoms with Gasteiger partial charge in [-0.1, -0.05) is 0 Å². The fraction of sp³-hybridized carbons (Fsp3) is 0.857. The Labute approximate surface area is 114 Å². The van der Waals surface area contributed by atoms with E-state index in [0.717, 1.165) is 32.0 Å². The van der Waals surface area contributed by atoms with Gasteiger partial charge in [-0.3, -0.25) is 4.90 Å². The molecule has 0 radical (unpaired) electrons. The lowest BCUT2D eigenvalue weighted by Crippen LogP contribution is -2.28. The van der Waals surface area contributed by atoms with Gasteiger partial charge in [-0.15, -0.1) is 10.2 Å². The summed E-state index contributed by atoms with van der Waals surface area (Å²) < 4.78 is 2.38. The van der Waals surface area contributed by atoms with E-state index >= 15 is 0 Å². The molecule has 2 fully saturated rings. The first-order valence-corrected chi connectivity index (χ1v) is 7.78. The van der Waals surface area contributed by atoms with E-state index in [0.29, 0.717) is 6.04 Å². The number of nitrogens with one attached hydrogen (secondary N) is 1. The maximum absolute atomic E-state index is 4.54. The highest BCUT2D eigenvalue weighted by Gasteiger charge is 2.34. The van der Waals surface area contributed by atoms with Crippen LogP contribution < -0.4 is 5.32 Å². The summed E-state index contributed by atoms with van der Waals surface area (Å²) >= 11 is 0. The molecule has 3 heterocycles. The molecule has 0 bridgehead atoms. The van der Waals surface area contributed by atoms with E-state index in [1.54, 1.807) is 0 Å². The van der Waals surface area contributed by atoms with E-state index < -0.39 is 0 Å². The Morgan fingerprint density at radius 1 is 1.11 bits per heavy atom. The van der Waals surface area contributed by atoms with Crippen LogP contribution in [0.1, 0.15) is 43.4 Å². The highest BCUT2D eigenvalue weighted by molar-refractivity contribution is 5.06. The molecule has 1 aromatic rings. The molecule has 0 amide bonds. The molecule has 1 aromatic heterocycles. The first-order valence-electron chi connectivity index (χ1n) is 7.78. The van der Waals surface area contributed by atoms with Gasteiger partial charge in [0.2, 0.25) is 0 Å². The number of hydrogen-bond donors (Lipinski definition) is 1. The molecular weight excluding hydrogens is 238 g/mol. The molecule has 19 heavy (non-hydrogen) atoms. The molecule has 5 nitrogen and oxygen atoms in total. The first-order chi connectivity index (χ1) is 9.42. The van der Waals surface area contributed by atoms with Gasteiger partial charge in [0.15, 0.2) is 0 Å². The van der Waals surface area contributed by atoms with E-state index in [1.165, 1.54) is 50.4 Å². The Kier molecular flexibility index (Phi) is 3.04. The van der Waals surface area contributed by atoms with Crippen molar-refractivity contribution in [3.05, 3.63) is 11.6 Å². The van der Waals surface area contributed by atoms with Crippen molar-refractivity contribution in [2.75, 3.05) is 26.2 Å². The fourth-order valence-electron chi connectivity index (χ4n) is 3.51. The molecule has 2 aliphatic heterocycles. The summed E-state index contributed by atoms with van der Waals surface area (Å²) in [6.07, 6.45) is 6.47. The fourth-order valence-corrected chi connectivity index (χ4v) is 3.51. The summed E-state index contributed by atoms with van der Waals surface area (Å²) in [5.41, 5.74) is 0. The summed E-state index contributed by atoms with van der Waals surface area (Å²) in [5, 5.41) is 12.4. The van der Waals surface area contributed by atoms with Crippen molar-refractivity contribution in [1.82, 2.24) is 25.0 Å². The topological polar surface area (TPSA) is 46.0 Å². The molecule has 1 atom stereocenters. The van der Waals surface area contributed by atoms with Gasteiger partial charge in [-0.25, -0.2) is 0 Å². The Morgan fingerprint density at radius 3 is 2.95 bits per heavy atom. The van der Waals surface area contributed by atoms with Crippen LogP contribution in [0.2, 0.25) is 0 Å². The van der Waals surface area contributed by atoms with E-state index in [9.17, 15) is 0 Å². The van der Waals surface area contributed by atoms with Gasteiger partial charge in [-0.05, 0) is 38.1 Å². The molecule has 1 N–H and O–H groups in total. The van der Waals surface area contributed by atoms with Crippen molar-refractivity contribution in [2.45, 2.75) is 44.7 Å². The molecule has 5 heteroatoms. The zero-order chi connectivity index (χ0) is 12.7. The number of aromatic nitrogens is 3. The van der Waals surface area contributed by atoms with Crippen molar-refractivity contribution >= 4 is 0 Å². The molecule has 4 rings (SSSR count). The molecule has 1 saturated carbocycles. The number of nitrogens with zero attached hydrogens (tertiary/aromatic N) is 4. The highest BCUT2D eigenvalue weighted by atomic mass is 15.3. The SMILES string of the molecule is C1CC(c2nnc3n2CCNCC3)N(CC2CC2)C1. The average Bonchev–Trinajstić information content (AvgIpc) is 3.05. The molecule has 1 aliphatic carbocycles. The van der Waals surface area contributed by atoms with Crippen LogP contribution in [0.3, 0.4) is 0 Å². The minimum absolute atomic E-state index is 0.528. The summed E-state index contributed by atoms with van der Waals surface area (Å²) in [4.78, 5) is 2.66. The van der Waals surface area contributed by atoms with Crippen LogP contribution in [0.4, 0.5) is 0 Å². The minimum Gasteiger partial charge on any atom is -0.315 e. The van der Waals surface area contributed by atoms with E-state index in [1.807, 2.05) is 0 Å². The molecule has 0 aromatic carbocycles. The lowest BCUT2D eigenvalue weighted by Gasteiger charge is -2.24. The van der Waals surface area contributed by atoms with Crippen LogP contribution in [0.5, 0.6) is 0 Å². The Hall–Kier alpha value is -0.940. The lowest BCUT2D eigenvalue weighted by molar-refractivity contribution is 0.233. The Bertz CT molecular complexity index is 451. The van der Waals surface area contributed by atoms with Crippen molar-refractivity contribution in [3.8, 4) is 0 Å². The lowest BCUT2D eigenvalue weighted by atomic mass is 10.2. The van der Waals surface area contributed by atoms with Crippen LogP contribution >= 0.6 is 0 Å². The number of hydrogen-bond acceptors (Lipinski definition) is 4. The molecule has 3 aliphatic rings. The van der Waals surface area contributed by atoms with Crippen LogP contribution in [0, 0.1) is 5.92 Å². The second-order valence-corrected chi connectivity index (χ2v) is 6.22. The maximum Gasteiger partial charge on any atom is 0.150 e. The second-order valence-electron chi connectivity index (χ2n) is 6.22. The third kappa shape index (κ3) is 2.30. The van der Waals surface area contributed by atoms with Crippen LogP contribution in [-0.4, -0.2) is 45.8 Å². The van der Waals surface area contributed by atoms with Crippen molar-refractivity contribution in [3.63, 3.8) is 0 Å². The van der Waals surface area contributed by atoms with Gasteiger partial charge in [0.1, 0.15) is 11.6 Å². The number of fused-ring (bicyclic) bond motifs is 1. The first kappa shape index (κ1) is 11.9. The maximum atomic E-state index is 4.54. The van der Waals surface area contributed by atoms with E-state index in [4.69, 9.17) is 0 Å². The highest BCUT2D eigenvalue weighted by Crippen LogP contribution is 2.37. The third-order valence-electron chi connectivity index (χ3n) is 4.74. The minimum atomic E-state index is 0.528. The van der Waals surface area contributed by atoms with Gasteiger partial charge in [-0.2, -0.15) is 0 Å². The van der Waals surface area contributed by atoms with Crippen LogP contribution in [0.25, 0.3) is 0 Å². The second kappa shape index (κ2) is 4.87. The molecule has 1 unspecified atom stereocenters. The zero-order valence-corrected chi connectivity index (χ0v) is 11.5. The van der Waals surface area contributed by atoms with Crippen LogP contribution in [0.15, 0.2) is 0 Å². The predicted octanol–water partition coefficient (Wildman–Crippen LogP) is 0.971. The molecule has 0 spiro atoms. The van der Waals surface area contributed by atoms with Gasteiger partial charge in [0.05, 0.1) is 6.04 Å². The molecular formula is C14H23N5. The van der Waals surface area contributed by atoms with Gasteiger partial charge in [0.25, 0.3) is 0 Å². The number of likely N-dealkylation sites (tertiary alicyclic amines) is 1. The smallest absolute Gasteiger partial charge is 0.150 e. The Morgan fingerprint density at radius 2 is 2.05 bits per heavy atom. The molecule has 104 valence electrons. The number of rotatable bonds is 3. The third-order valence-corrected chi connectivity index (χ3v) is 4.74. The summed E-state index contributed by atoms with van der Waals surface area (Å²) in [7, 11) is 0. The quantitative estimate of drug-likeness (QED) is 0.881. The molecule has 1 saturated heterocycles. The normalized spacial score (nSPS) is 28.3. The van der Waals surface area contributed by atoms with Crippen molar-refractivity contribution < 1.29 is 0 Å². The van der Waals surface area contributed by atoms with Crippen molar-refractivity contribution in [2.24, 2.45) is 5.92 Å².